The van der Waals surface area contributed by atoms with Crippen LogP contribution in [0.4, 0.5) is 18.0 Å². The summed E-state index contributed by atoms with van der Waals surface area (Å²) in [5, 5.41) is 5.42. The summed E-state index contributed by atoms with van der Waals surface area (Å²) in [4.78, 5) is 11.7. The zero-order chi connectivity index (χ0) is 17.3. The molecule has 2 N–H and O–H groups in total. The monoisotopic (exact) mass is 334 g/mol. The number of ether oxygens (including phenoxy) is 2. The van der Waals surface area contributed by atoms with Crippen molar-refractivity contribution in [1.29, 1.82) is 0 Å². The molecule has 0 heterocycles. The normalized spacial score (nSPS) is 12.6. The summed E-state index contributed by atoms with van der Waals surface area (Å²) in [6.45, 7) is 1.51. The van der Waals surface area contributed by atoms with Crippen LogP contribution in [0.1, 0.15) is 24.9 Å². The lowest BCUT2D eigenvalue weighted by Crippen LogP contribution is -2.37. The van der Waals surface area contributed by atoms with E-state index in [0.29, 0.717) is 19.6 Å². The summed E-state index contributed by atoms with van der Waals surface area (Å²) in [5.41, 5.74) is 0.761. The molecule has 0 aliphatic rings. The van der Waals surface area contributed by atoms with Gasteiger partial charge in [-0.15, -0.1) is 0 Å². The van der Waals surface area contributed by atoms with E-state index in [1.165, 1.54) is 12.1 Å². The van der Waals surface area contributed by atoms with E-state index in [0.717, 1.165) is 5.56 Å². The Morgan fingerprint density at radius 3 is 2.48 bits per heavy atom. The van der Waals surface area contributed by atoms with E-state index in [1.54, 1.807) is 26.2 Å². The van der Waals surface area contributed by atoms with E-state index in [2.05, 4.69) is 15.4 Å². The molecule has 23 heavy (non-hydrogen) atoms. The molecule has 1 atom stereocenters. The molecule has 5 nitrogen and oxygen atoms in total. The van der Waals surface area contributed by atoms with Crippen LogP contribution in [0.3, 0.4) is 0 Å². The van der Waals surface area contributed by atoms with E-state index in [1.807, 2.05) is 0 Å². The van der Waals surface area contributed by atoms with Crippen molar-refractivity contribution in [2.24, 2.45) is 0 Å². The molecule has 0 bridgehead atoms. The number of rotatable bonds is 8. The van der Waals surface area contributed by atoms with Crippen molar-refractivity contribution in [1.82, 2.24) is 10.6 Å². The SMILES string of the molecule is COCCCNC(=O)NC(C)c1ccc(OCC(F)(F)F)cc1. The molecular formula is C15H21F3N2O3. The Bertz CT molecular complexity index is 478. The maximum atomic E-state index is 12.1. The predicted molar refractivity (Wildman–Crippen MR) is 79.4 cm³/mol. The molecule has 0 radical (unpaired) electrons. The summed E-state index contributed by atoms with van der Waals surface area (Å²) in [5.74, 6) is 0.127. The molecule has 1 rings (SSSR count). The van der Waals surface area contributed by atoms with Crippen molar-refractivity contribution in [3.8, 4) is 5.75 Å². The standard InChI is InChI=1S/C15H21F3N2O3/c1-11(20-14(21)19-8-3-9-22-2)12-4-6-13(7-5-12)23-10-15(16,17)18/h4-7,11H,3,8-10H2,1-2H3,(H2,19,20,21). The number of methoxy groups -OCH3 is 1. The molecule has 0 saturated heterocycles. The van der Waals surface area contributed by atoms with Crippen LogP contribution in [0.15, 0.2) is 24.3 Å². The second-order valence-electron chi connectivity index (χ2n) is 4.94. The number of nitrogens with one attached hydrogen (secondary N) is 2. The number of hydrogen-bond donors (Lipinski definition) is 2. The second-order valence-corrected chi connectivity index (χ2v) is 4.94. The summed E-state index contributed by atoms with van der Waals surface area (Å²) in [6.07, 6.45) is -3.65. The van der Waals surface area contributed by atoms with Crippen molar-refractivity contribution >= 4 is 6.03 Å². The number of alkyl halides is 3. The first-order valence-electron chi connectivity index (χ1n) is 7.14. The number of benzene rings is 1. The third-order valence-electron chi connectivity index (χ3n) is 2.94. The molecule has 8 heteroatoms. The molecule has 0 aromatic heterocycles. The van der Waals surface area contributed by atoms with Gasteiger partial charge in [0, 0.05) is 20.3 Å². The van der Waals surface area contributed by atoms with Crippen LogP contribution in [-0.2, 0) is 4.74 Å². The van der Waals surface area contributed by atoms with Gasteiger partial charge in [-0.1, -0.05) is 12.1 Å². The first-order chi connectivity index (χ1) is 10.8. The van der Waals surface area contributed by atoms with Gasteiger partial charge in [0.1, 0.15) is 5.75 Å². The van der Waals surface area contributed by atoms with Gasteiger partial charge in [0.05, 0.1) is 6.04 Å². The van der Waals surface area contributed by atoms with Crippen LogP contribution in [0.2, 0.25) is 0 Å². The topological polar surface area (TPSA) is 59.6 Å². The minimum absolute atomic E-state index is 0.127. The van der Waals surface area contributed by atoms with Gasteiger partial charge >= 0.3 is 12.2 Å². The summed E-state index contributed by atoms with van der Waals surface area (Å²) >= 11 is 0. The number of urea groups is 1. The molecule has 2 amide bonds. The first kappa shape index (κ1) is 19.1. The first-order valence-corrected chi connectivity index (χ1v) is 7.14. The highest BCUT2D eigenvalue weighted by Gasteiger charge is 2.28. The average Bonchev–Trinajstić information content (AvgIpc) is 2.49. The minimum Gasteiger partial charge on any atom is -0.484 e. The van der Waals surface area contributed by atoms with Gasteiger partial charge in [-0.3, -0.25) is 0 Å². The molecule has 0 aliphatic heterocycles. The lowest BCUT2D eigenvalue weighted by Gasteiger charge is -2.16. The highest BCUT2D eigenvalue weighted by atomic mass is 19.4. The van der Waals surface area contributed by atoms with Gasteiger partial charge in [-0.25, -0.2) is 4.79 Å². The fourth-order valence-electron chi connectivity index (χ4n) is 1.77. The largest absolute Gasteiger partial charge is 0.484 e. The summed E-state index contributed by atoms with van der Waals surface area (Å²) < 4.78 is 45.7. The van der Waals surface area contributed by atoms with Crippen molar-refractivity contribution in [2.45, 2.75) is 25.6 Å². The molecule has 0 spiro atoms. The Kier molecular flexibility index (Phi) is 7.67. The summed E-state index contributed by atoms with van der Waals surface area (Å²) in [6, 6.07) is 5.51. The van der Waals surface area contributed by atoms with Gasteiger partial charge in [0.25, 0.3) is 0 Å². The molecule has 0 saturated carbocycles. The molecule has 130 valence electrons. The van der Waals surface area contributed by atoms with Crippen molar-refractivity contribution < 1.29 is 27.4 Å². The van der Waals surface area contributed by atoms with Crippen molar-refractivity contribution in [3.63, 3.8) is 0 Å². The minimum atomic E-state index is -4.37. The molecule has 1 aromatic carbocycles. The Hall–Kier alpha value is -1.96. The predicted octanol–water partition coefficient (Wildman–Crippen LogP) is 3.02. The maximum absolute atomic E-state index is 12.1. The molecule has 0 fully saturated rings. The number of halogens is 3. The van der Waals surface area contributed by atoms with Gasteiger partial charge in [0.2, 0.25) is 0 Å². The van der Waals surface area contributed by atoms with Crippen molar-refractivity contribution in [2.75, 3.05) is 26.9 Å². The van der Waals surface area contributed by atoms with Crippen LogP contribution in [0.25, 0.3) is 0 Å². The highest BCUT2D eigenvalue weighted by Crippen LogP contribution is 2.20. The van der Waals surface area contributed by atoms with E-state index in [4.69, 9.17) is 4.74 Å². The Morgan fingerprint density at radius 1 is 1.26 bits per heavy atom. The van der Waals surface area contributed by atoms with E-state index in [9.17, 15) is 18.0 Å². The van der Waals surface area contributed by atoms with E-state index in [-0.39, 0.29) is 17.8 Å². The van der Waals surface area contributed by atoms with Crippen molar-refractivity contribution in [3.05, 3.63) is 29.8 Å². The van der Waals surface area contributed by atoms with E-state index < -0.39 is 12.8 Å². The lowest BCUT2D eigenvalue weighted by molar-refractivity contribution is -0.153. The van der Waals surface area contributed by atoms with Gasteiger partial charge in [0.15, 0.2) is 6.61 Å². The van der Waals surface area contributed by atoms with Gasteiger partial charge < -0.3 is 20.1 Å². The number of carbonyl (C=O) groups is 1. The third kappa shape index (κ3) is 8.29. The zero-order valence-electron chi connectivity index (χ0n) is 13.1. The quantitative estimate of drug-likeness (QED) is 0.719. The lowest BCUT2D eigenvalue weighted by atomic mass is 10.1. The van der Waals surface area contributed by atoms with Gasteiger partial charge in [-0.2, -0.15) is 13.2 Å². The fourth-order valence-corrected chi connectivity index (χ4v) is 1.77. The number of amides is 2. The molecular weight excluding hydrogens is 313 g/mol. The number of hydrogen-bond acceptors (Lipinski definition) is 3. The highest BCUT2D eigenvalue weighted by molar-refractivity contribution is 5.74. The van der Waals surface area contributed by atoms with Gasteiger partial charge in [-0.05, 0) is 31.0 Å². The van der Waals surface area contributed by atoms with Crippen LogP contribution in [0.5, 0.6) is 5.75 Å². The van der Waals surface area contributed by atoms with Crippen LogP contribution in [-0.4, -0.2) is 39.1 Å². The third-order valence-corrected chi connectivity index (χ3v) is 2.94. The van der Waals surface area contributed by atoms with Crippen LogP contribution in [0, 0.1) is 0 Å². The maximum Gasteiger partial charge on any atom is 0.422 e. The number of carbonyl (C=O) groups excluding carboxylic acids is 1. The Balaban J connectivity index is 2.41. The Labute approximate surface area is 133 Å². The smallest absolute Gasteiger partial charge is 0.422 e. The molecule has 1 unspecified atom stereocenters. The summed E-state index contributed by atoms with van der Waals surface area (Å²) in [7, 11) is 1.59. The van der Waals surface area contributed by atoms with E-state index >= 15 is 0 Å². The second kappa shape index (κ2) is 9.24. The molecule has 1 aromatic rings. The fraction of sp³-hybridized carbons (Fsp3) is 0.533. The zero-order valence-corrected chi connectivity index (χ0v) is 13.1. The Morgan fingerprint density at radius 2 is 1.91 bits per heavy atom. The van der Waals surface area contributed by atoms with Crippen LogP contribution < -0.4 is 15.4 Å². The molecule has 0 aliphatic carbocycles. The van der Waals surface area contributed by atoms with Crippen LogP contribution >= 0.6 is 0 Å². The average molecular weight is 334 g/mol.